The molecule has 0 unspecified atom stereocenters. The van der Waals surface area contributed by atoms with Crippen LogP contribution >= 0.6 is 11.3 Å². The minimum atomic E-state index is -4.39. The van der Waals surface area contributed by atoms with E-state index in [0.29, 0.717) is 54.3 Å². The van der Waals surface area contributed by atoms with Crippen molar-refractivity contribution in [1.29, 1.82) is 0 Å². The molecule has 0 bridgehead atoms. The lowest BCUT2D eigenvalue weighted by molar-refractivity contribution is -0.147. The van der Waals surface area contributed by atoms with Crippen LogP contribution in [0.3, 0.4) is 0 Å². The number of aliphatic hydroxyl groups is 1. The number of benzene rings is 3. The number of aryl methyl sites for hydroxylation is 1. The standard InChI is InChI=1S/C69H87F3N12O11S2/c1-42(2)94-31-30-79(7)59(87)18-19-60(88)95-40-56(46-8-10-47(11-9-46)64-43(3)75-41-96-64)76-67(90)57-33-51(85)38-84(57)68(91)65(69(4,5)6)77-58(86)39-80-23-20-44(21-24-80)36-81-26-28-82(29-27-81)50-14-12-45(13-15-50)48-32-52-53(35-74-66(52)73-34-48)63(89)61-54(71)16-17-55(62(61)72)78-97(92,93)83-25-22-49(70)37-83/h8-17,32,34-35,41-42,44,49,51,56-57,65,78,85H,18-31,33,36-40H2,1-7H3,(H,73,74)(H,76,90)(H,77,86)/t49-,51-,56+,57+,65-/m1/s1. The van der Waals surface area contributed by atoms with Crippen molar-refractivity contribution >= 4 is 79.3 Å². The van der Waals surface area contributed by atoms with E-state index >= 15 is 8.78 Å². The molecule has 7 heterocycles. The number of pyridine rings is 1. The van der Waals surface area contributed by atoms with Crippen molar-refractivity contribution in [3.63, 3.8) is 0 Å². The van der Waals surface area contributed by atoms with Gasteiger partial charge in [-0.1, -0.05) is 57.2 Å². The second kappa shape index (κ2) is 31.3. The van der Waals surface area contributed by atoms with E-state index in [0.717, 1.165) is 89.4 Å². The summed E-state index contributed by atoms with van der Waals surface area (Å²) in [6, 6.07) is 15.7. The molecule has 6 aromatic rings. The van der Waals surface area contributed by atoms with Gasteiger partial charge in [-0.2, -0.15) is 12.7 Å². The quantitative estimate of drug-likeness (QED) is 0.0264. The van der Waals surface area contributed by atoms with Crippen molar-refractivity contribution in [2.24, 2.45) is 11.3 Å². The third-order valence-electron chi connectivity index (χ3n) is 18.5. The van der Waals surface area contributed by atoms with Gasteiger partial charge in [-0.3, -0.25) is 43.3 Å². The molecule has 0 aliphatic carbocycles. The Morgan fingerprint density at radius 2 is 1.57 bits per heavy atom. The van der Waals surface area contributed by atoms with Crippen LogP contribution in [0.25, 0.3) is 32.6 Å². The highest BCUT2D eigenvalue weighted by molar-refractivity contribution is 7.90. The Labute approximate surface area is 567 Å². The summed E-state index contributed by atoms with van der Waals surface area (Å²) in [7, 11) is -2.75. The molecule has 4 amide bonds. The number of ketones is 1. The SMILES string of the molecule is Cc1ncsc1-c1ccc([C@H](COC(=O)CCC(=O)N(C)CCOC(C)C)NC(=O)[C@@H]2C[C@@H](O)CN2C(=O)[C@@H](NC(=O)CN2CCC(CN3CCN(c4ccc(-c5cnc6[nH]cc(C(=O)c7c(F)ccc(NS(=O)(=O)N8CC[C@@H](F)C8)c7F)c6c5)cc4)CC3)CC2)C(C)(C)C)cc1. The van der Waals surface area contributed by atoms with E-state index in [9.17, 15) is 46.7 Å². The topological polar surface area (TPSA) is 272 Å². The summed E-state index contributed by atoms with van der Waals surface area (Å²) in [6.07, 6.45) is 1.98. The van der Waals surface area contributed by atoms with Crippen molar-refractivity contribution in [2.75, 3.05) is 108 Å². The number of esters is 1. The van der Waals surface area contributed by atoms with Gasteiger partial charge in [-0.15, -0.1) is 11.3 Å². The van der Waals surface area contributed by atoms with Gasteiger partial charge in [0.15, 0.2) is 5.82 Å². The van der Waals surface area contributed by atoms with Crippen LogP contribution in [0.1, 0.15) is 106 Å². The van der Waals surface area contributed by atoms with Gasteiger partial charge >= 0.3 is 16.2 Å². The maximum absolute atomic E-state index is 15.9. The first-order chi connectivity index (χ1) is 46.2. The Bertz CT molecular complexity index is 3910. The Morgan fingerprint density at radius 1 is 0.856 bits per heavy atom. The number of piperazine rings is 1. The molecule has 5 N–H and O–H groups in total. The Kier molecular flexibility index (Phi) is 23.2. The zero-order chi connectivity index (χ0) is 69.5. The maximum atomic E-state index is 15.9. The van der Waals surface area contributed by atoms with Crippen molar-refractivity contribution in [2.45, 2.75) is 117 Å². The van der Waals surface area contributed by atoms with Crippen LogP contribution in [0.2, 0.25) is 0 Å². The lowest BCUT2D eigenvalue weighted by atomic mass is 9.85. The number of H-pyrrole nitrogens is 1. The molecular formula is C69H87F3N12O11S2. The first-order valence-corrected chi connectivity index (χ1v) is 35.3. The average Bonchev–Trinajstić information content (AvgIpc) is 1.76. The Morgan fingerprint density at radius 3 is 2.23 bits per heavy atom. The summed E-state index contributed by atoms with van der Waals surface area (Å²) in [5.74, 6) is -5.49. The molecule has 23 nitrogen and oxygen atoms in total. The summed E-state index contributed by atoms with van der Waals surface area (Å²) in [4.78, 5) is 105. The summed E-state index contributed by atoms with van der Waals surface area (Å²) >= 11 is 1.49. The minimum Gasteiger partial charge on any atom is -0.463 e. The van der Waals surface area contributed by atoms with E-state index in [1.807, 2.05) is 94.8 Å². The summed E-state index contributed by atoms with van der Waals surface area (Å²) in [6.45, 7) is 16.7. The molecule has 4 aliphatic heterocycles. The highest BCUT2D eigenvalue weighted by Crippen LogP contribution is 2.34. The fraction of sp³-hybridized carbons (Fsp3) is 0.507. The number of likely N-dealkylation sites (tertiary alicyclic amines) is 2. The Hall–Kier alpha value is -7.86. The van der Waals surface area contributed by atoms with Gasteiger partial charge < -0.3 is 44.9 Å². The van der Waals surface area contributed by atoms with Gasteiger partial charge in [0.1, 0.15) is 36.3 Å². The van der Waals surface area contributed by atoms with Gasteiger partial charge in [0, 0.05) is 113 Å². The number of ether oxygens (including phenoxy) is 2. The van der Waals surface area contributed by atoms with Gasteiger partial charge in [0.25, 0.3) is 0 Å². The number of hydrogen-bond acceptors (Lipinski definition) is 17. The molecule has 4 saturated heterocycles. The van der Waals surface area contributed by atoms with Crippen LogP contribution < -0.4 is 20.3 Å². The van der Waals surface area contributed by atoms with Crippen LogP contribution in [0.4, 0.5) is 24.5 Å². The van der Waals surface area contributed by atoms with Crippen molar-refractivity contribution in [3.05, 3.63) is 119 Å². The largest absolute Gasteiger partial charge is 0.463 e. The third-order valence-corrected chi connectivity index (χ3v) is 20.9. The Balaban J connectivity index is 0.691. The van der Waals surface area contributed by atoms with Crippen LogP contribution in [0.5, 0.6) is 0 Å². The second-order valence-corrected chi connectivity index (χ2v) is 29.5. The summed E-state index contributed by atoms with van der Waals surface area (Å²) < 4.78 is 84.9. The van der Waals surface area contributed by atoms with Gasteiger partial charge in [-0.05, 0) is 111 Å². The van der Waals surface area contributed by atoms with E-state index in [4.69, 9.17) is 9.47 Å². The molecule has 4 aliphatic rings. The number of nitrogens with zero attached hydrogens (tertiary/aromatic N) is 8. The molecule has 0 radical (unpaired) electrons. The monoisotopic (exact) mass is 1380 g/mol. The number of β-amino-alcohol motifs (C(OH)–C–C–N with tert-alkyl or cyclic N) is 1. The molecule has 97 heavy (non-hydrogen) atoms. The van der Waals surface area contributed by atoms with Crippen LogP contribution in [0, 0.1) is 29.9 Å². The number of anilines is 2. The molecular weight excluding hydrogens is 1290 g/mol. The predicted octanol–water partition coefficient (Wildman–Crippen LogP) is 7.26. The molecule has 522 valence electrons. The lowest BCUT2D eigenvalue weighted by Crippen LogP contribution is -2.59. The number of piperidine rings is 1. The molecule has 3 aromatic heterocycles. The minimum absolute atomic E-state index is 0.0135. The molecule has 28 heteroatoms. The smallest absolute Gasteiger partial charge is 0.306 e. The number of nitrogens with one attached hydrogen (secondary N) is 4. The number of hydrogen-bond donors (Lipinski definition) is 5. The highest BCUT2D eigenvalue weighted by Gasteiger charge is 2.45. The van der Waals surface area contributed by atoms with E-state index in [2.05, 4.69) is 40.3 Å². The number of amides is 4. The number of aliphatic hydroxyl groups excluding tert-OH is 1. The number of alkyl halides is 1. The second-order valence-electron chi connectivity index (χ2n) is 27.0. The first-order valence-electron chi connectivity index (χ1n) is 33.0. The van der Waals surface area contributed by atoms with E-state index in [1.54, 1.807) is 24.8 Å². The molecule has 3 aromatic carbocycles. The van der Waals surface area contributed by atoms with E-state index in [-0.39, 0.29) is 75.4 Å². The van der Waals surface area contributed by atoms with Gasteiger partial charge in [0.2, 0.25) is 29.4 Å². The molecule has 0 saturated carbocycles. The van der Waals surface area contributed by atoms with Crippen LogP contribution in [0.15, 0.2) is 84.6 Å². The molecule has 10 rings (SSSR count). The number of rotatable bonds is 26. The molecule has 5 atom stereocenters. The van der Waals surface area contributed by atoms with Crippen molar-refractivity contribution in [3.8, 4) is 21.6 Å². The number of carbonyl (C=O) groups excluding carboxylic acids is 6. The van der Waals surface area contributed by atoms with Gasteiger partial charge in [0.05, 0.1) is 65.2 Å². The number of aromatic amines is 1. The van der Waals surface area contributed by atoms with Crippen molar-refractivity contribution < 1.29 is 64.9 Å². The molecule has 0 spiro atoms. The van der Waals surface area contributed by atoms with Crippen LogP contribution in [-0.2, 0) is 43.7 Å². The number of fused-ring (bicyclic) bond motifs is 1. The number of carbonyl (C=O) groups is 6. The third kappa shape index (κ3) is 17.9. The van der Waals surface area contributed by atoms with Crippen LogP contribution in [-0.4, -0.2) is 217 Å². The zero-order valence-electron chi connectivity index (χ0n) is 55.8. The average molecular weight is 1380 g/mol. The van der Waals surface area contributed by atoms with E-state index in [1.165, 1.54) is 27.3 Å². The first kappa shape index (κ1) is 71.9. The normalized spacial score (nSPS) is 19.1. The van der Waals surface area contributed by atoms with Gasteiger partial charge in [-0.25, -0.2) is 23.1 Å². The fourth-order valence-electron chi connectivity index (χ4n) is 12.8. The van der Waals surface area contributed by atoms with E-state index < -0.39 is 99.0 Å². The summed E-state index contributed by atoms with van der Waals surface area (Å²) in [5.41, 5.74) is 4.44. The predicted molar refractivity (Wildman–Crippen MR) is 362 cm³/mol. The summed E-state index contributed by atoms with van der Waals surface area (Å²) in [5, 5.41) is 17.4. The number of halogens is 3. The molecule has 4 fully saturated rings. The number of aromatic nitrogens is 3. The zero-order valence-corrected chi connectivity index (χ0v) is 57.5. The number of thiazole rings is 1. The maximum Gasteiger partial charge on any atom is 0.306 e. The fourth-order valence-corrected chi connectivity index (χ4v) is 14.9. The lowest BCUT2D eigenvalue weighted by Gasteiger charge is -2.40. The highest BCUT2D eigenvalue weighted by atomic mass is 32.2. The number of likely N-dealkylation sites (N-methyl/N-ethyl adjacent to an activating group) is 1. The van der Waals surface area contributed by atoms with Crippen molar-refractivity contribution in [1.82, 2.24) is 49.5 Å².